The van der Waals surface area contributed by atoms with Gasteiger partial charge >= 0.3 is 5.69 Å². The number of fused-ring (bicyclic) bond motifs is 3. The third-order valence-corrected chi connectivity index (χ3v) is 6.06. The van der Waals surface area contributed by atoms with Crippen LogP contribution in [0.2, 0.25) is 0 Å². The molecule has 4 aromatic rings. The van der Waals surface area contributed by atoms with E-state index in [0.717, 1.165) is 33.6 Å². The molecule has 0 spiro atoms. The highest BCUT2D eigenvalue weighted by Crippen LogP contribution is 2.26. The second-order valence-electron chi connectivity index (χ2n) is 7.71. The predicted molar refractivity (Wildman–Crippen MR) is 116 cm³/mol. The molecule has 0 aliphatic rings. The summed E-state index contributed by atoms with van der Waals surface area (Å²) in [5.74, 6) is 0.317. The van der Waals surface area contributed by atoms with Gasteiger partial charge in [-0.3, -0.25) is 23.1 Å². The fraction of sp³-hybridized carbons (Fsp3) is 0.364. The van der Waals surface area contributed by atoms with Crippen LogP contribution in [0.5, 0.6) is 0 Å². The van der Waals surface area contributed by atoms with Crippen molar-refractivity contribution < 1.29 is 4.79 Å². The number of hydrogen-bond donors (Lipinski definition) is 0. The Morgan fingerprint density at radius 2 is 1.80 bits per heavy atom. The number of rotatable bonds is 4. The van der Waals surface area contributed by atoms with Crippen LogP contribution in [0.25, 0.3) is 22.6 Å². The average molecular weight is 407 g/mol. The van der Waals surface area contributed by atoms with Gasteiger partial charge in [-0.25, -0.2) is 9.36 Å². The third kappa shape index (κ3) is 2.52. The first-order valence-corrected chi connectivity index (χ1v) is 10.0. The Hall–Kier alpha value is -3.42. The first-order valence-electron chi connectivity index (χ1n) is 10.0. The van der Waals surface area contributed by atoms with Crippen molar-refractivity contribution in [2.24, 2.45) is 7.05 Å². The molecule has 1 aromatic carbocycles. The van der Waals surface area contributed by atoms with Gasteiger partial charge in [0.15, 0.2) is 16.9 Å². The summed E-state index contributed by atoms with van der Waals surface area (Å²) in [6.07, 6.45) is 0.848. The second kappa shape index (κ2) is 6.83. The highest BCUT2D eigenvalue weighted by atomic mass is 16.2. The highest BCUT2D eigenvalue weighted by Gasteiger charge is 2.26. The summed E-state index contributed by atoms with van der Waals surface area (Å²) >= 11 is 0. The summed E-state index contributed by atoms with van der Waals surface area (Å²) in [6.45, 7) is 8.95. The van der Waals surface area contributed by atoms with E-state index >= 15 is 0 Å². The van der Waals surface area contributed by atoms with Crippen molar-refractivity contribution in [3.8, 4) is 5.69 Å². The van der Waals surface area contributed by atoms with Gasteiger partial charge in [0.2, 0.25) is 5.78 Å². The molecule has 8 nitrogen and oxygen atoms in total. The lowest BCUT2D eigenvalue weighted by Gasteiger charge is -2.13. The zero-order valence-electron chi connectivity index (χ0n) is 18.1. The van der Waals surface area contributed by atoms with Crippen molar-refractivity contribution >= 4 is 22.7 Å². The Balaban J connectivity index is 2.22. The second-order valence-corrected chi connectivity index (χ2v) is 7.71. The Bertz CT molecular complexity index is 1450. The largest absolute Gasteiger partial charge is 0.333 e. The van der Waals surface area contributed by atoms with Crippen LogP contribution in [0.15, 0.2) is 33.9 Å². The number of carbonyl (C=O) groups is 1. The number of ketones is 1. The molecule has 3 aromatic heterocycles. The zero-order chi connectivity index (χ0) is 21.9. The minimum atomic E-state index is -0.851. The quantitative estimate of drug-likeness (QED) is 0.520. The molecule has 0 aliphatic carbocycles. The first-order chi connectivity index (χ1) is 14.2. The maximum atomic E-state index is 13.4. The molecular formula is C22H25N5O3. The molecule has 8 heteroatoms. The van der Waals surface area contributed by atoms with E-state index < -0.39 is 17.3 Å². The molecule has 0 saturated heterocycles. The number of benzene rings is 1. The van der Waals surface area contributed by atoms with Crippen molar-refractivity contribution in [3.63, 3.8) is 0 Å². The van der Waals surface area contributed by atoms with Crippen LogP contribution in [-0.4, -0.2) is 28.9 Å². The summed E-state index contributed by atoms with van der Waals surface area (Å²) in [6, 6.07) is 7.22. The van der Waals surface area contributed by atoms with Gasteiger partial charge in [-0.1, -0.05) is 25.1 Å². The van der Waals surface area contributed by atoms with Crippen LogP contribution >= 0.6 is 0 Å². The van der Waals surface area contributed by atoms with Crippen LogP contribution < -0.4 is 11.2 Å². The predicted octanol–water partition coefficient (Wildman–Crippen LogP) is 2.47. The van der Waals surface area contributed by atoms with Crippen LogP contribution in [0, 0.1) is 13.8 Å². The van der Waals surface area contributed by atoms with Crippen molar-refractivity contribution in [3.05, 3.63) is 62.1 Å². The molecule has 0 N–H and O–H groups in total. The normalized spacial score (nSPS) is 12.7. The number of Topliss-reactive ketones (excluding diaryl/α,β-unsaturated/α-hetero) is 1. The molecule has 0 fully saturated rings. The Kier molecular flexibility index (Phi) is 4.52. The monoisotopic (exact) mass is 407 g/mol. The summed E-state index contributed by atoms with van der Waals surface area (Å²) < 4.78 is 6.18. The molecule has 0 radical (unpaired) electrons. The van der Waals surface area contributed by atoms with Gasteiger partial charge in [-0.05, 0) is 45.7 Å². The molecule has 0 bridgehead atoms. The summed E-state index contributed by atoms with van der Waals surface area (Å²) in [4.78, 5) is 42.9. The number of nitrogens with zero attached hydrogens (tertiary/aromatic N) is 5. The molecule has 30 heavy (non-hydrogen) atoms. The van der Waals surface area contributed by atoms with Crippen LogP contribution in [0.1, 0.15) is 43.8 Å². The van der Waals surface area contributed by atoms with Crippen molar-refractivity contribution in [2.45, 2.75) is 47.1 Å². The Labute approximate surface area is 173 Å². The van der Waals surface area contributed by atoms with Crippen LogP contribution in [0.3, 0.4) is 0 Å². The van der Waals surface area contributed by atoms with Crippen LogP contribution in [-0.2, 0) is 18.3 Å². The van der Waals surface area contributed by atoms with Gasteiger partial charge in [-0.15, -0.1) is 0 Å². The average Bonchev–Trinajstić information content (AvgIpc) is 3.22. The van der Waals surface area contributed by atoms with Gasteiger partial charge < -0.3 is 0 Å². The highest BCUT2D eigenvalue weighted by molar-refractivity contribution is 5.81. The minimum absolute atomic E-state index is 0.253. The van der Waals surface area contributed by atoms with E-state index in [4.69, 9.17) is 4.98 Å². The number of aromatic nitrogens is 5. The van der Waals surface area contributed by atoms with Gasteiger partial charge in [0.25, 0.3) is 5.56 Å². The van der Waals surface area contributed by atoms with Crippen LogP contribution in [0.4, 0.5) is 0 Å². The smallest absolute Gasteiger partial charge is 0.298 e. The summed E-state index contributed by atoms with van der Waals surface area (Å²) in [5.41, 5.74) is 3.51. The maximum Gasteiger partial charge on any atom is 0.333 e. The van der Waals surface area contributed by atoms with Gasteiger partial charge in [0.05, 0.1) is 11.7 Å². The van der Waals surface area contributed by atoms with Gasteiger partial charge in [0, 0.05) is 18.4 Å². The summed E-state index contributed by atoms with van der Waals surface area (Å²) in [5, 5.41) is 0. The number of imidazole rings is 2. The first kappa shape index (κ1) is 19.9. The summed E-state index contributed by atoms with van der Waals surface area (Å²) in [7, 11) is 1.58. The zero-order valence-corrected chi connectivity index (χ0v) is 18.1. The van der Waals surface area contributed by atoms with Crippen molar-refractivity contribution in [2.75, 3.05) is 0 Å². The Morgan fingerprint density at radius 1 is 1.13 bits per heavy atom. The number of carbonyl (C=O) groups excluding carboxylic acids is 1. The molecular weight excluding hydrogens is 382 g/mol. The lowest BCUT2D eigenvalue weighted by atomic mass is 10.1. The Morgan fingerprint density at radius 3 is 2.43 bits per heavy atom. The molecule has 0 amide bonds. The van der Waals surface area contributed by atoms with Gasteiger partial charge in [-0.2, -0.15) is 4.98 Å². The SMILES string of the molecule is CCc1ccccc1-n1c(C)c(C)n2c3c(=O)n([C@@H](C)C(C)=O)c(=O)n(C)c3nc12. The molecule has 0 unspecified atom stereocenters. The molecule has 0 saturated carbocycles. The number of aryl methyl sites for hydroxylation is 3. The maximum absolute atomic E-state index is 13.4. The van der Waals surface area contributed by atoms with Crippen molar-refractivity contribution in [1.82, 2.24) is 23.1 Å². The lowest BCUT2D eigenvalue weighted by Crippen LogP contribution is -2.42. The van der Waals surface area contributed by atoms with E-state index in [-0.39, 0.29) is 5.78 Å². The molecule has 1 atom stereocenters. The fourth-order valence-corrected chi connectivity index (χ4v) is 4.06. The van der Waals surface area contributed by atoms with E-state index in [1.54, 1.807) is 18.4 Å². The third-order valence-electron chi connectivity index (χ3n) is 6.06. The van der Waals surface area contributed by atoms with Crippen molar-refractivity contribution in [1.29, 1.82) is 0 Å². The lowest BCUT2D eigenvalue weighted by molar-refractivity contribution is -0.119. The number of hydrogen-bond acceptors (Lipinski definition) is 4. The minimum Gasteiger partial charge on any atom is -0.298 e. The molecule has 3 heterocycles. The van der Waals surface area contributed by atoms with E-state index in [0.29, 0.717) is 16.9 Å². The van der Waals surface area contributed by atoms with E-state index in [1.807, 2.05) is 36.6 Å². The van der Waals surface area contributed by atoms with Gasteiger partial charge in [0.1, 0.15) is 0 Å². The molecule has 4 rings (SSSR count). The topological polar surface area (TPSA) is 83.3 Å². The standard InChI is InChI=1S/C22H25N5O3/c1-7-16-10-8-9-11-17(16)25-12(2)13(3)26-18-19(23-21(25)26)24(6)22(30)27(20(18)29)14(4)15(5)28/h8-11,14H,7H2,1-6H3/t14-/m0/s1. The molecule has 156 valence electrons. The van der Waals surface area contributed by atoms with E-state index in [2.05, 4.69) is 13.0 Å². The number of para-hydroxylation sites is 1. The van der Waals surface area contributed by atoms with E-state index in [9.17, 15) is 14.4 Å². The molecule has 0 aliphatic heterocycles. The van der Waals surface area contributed by atoms with E-state index in [1.165, 1.54) is 11.5 Å². The fourth-order valence-electron chi connectivity index (χ4n) is 4.06.